The van der Waals surface area contributed by atoms with Crippen molar-refractivity contribution in [3.63, 3.8) is 0 Å². The zero-order valence-corrected chi connectivity index (χ0v) is 18.3. The second-order valence-electron chi connectivity index (χ2n) is 7.78. The standard InChI is InChI=1S/C24H20F6OSi/c1-32(2,19-11-9-17(10-12-19)24(28,29)30)23(27)21(26)14-16-8-13-20(25)22(15-16)31-18-6-4-3-5-7-18/h3-13,15H,14H2,1-2H3/b23-21+. The average Bonchev–Trinajstić information content (AvgIpc) is 2.75. The Morgan fingerprint density at radius 1 is 0.875 bits per heavy atom. The predicted octanol–water partition coefficient (Wildman–Crippen LogP) is 7.48. The Kier molecular flexibility index (Phi) is 6.83. The van der Waals surface area contributed by atoms with Crippen molar-refractivity contribution in [3.05, 3.63) is 101 Å². The van der Waals surface area contributed by atoms with E-state index in [1.165, 1.54) is 37.4 Å². The molecule has 0 radical (unpaired) electrons. The number of allylic oxidation sites excluding steroid dienone is 1. The Balaban J connectivity index is 1.83. The van der Waals surface area contributed by atoms with Gasteiger partial charge in [0.1, 0.15) is 17.0 Å². The molecule has 0 amide bonds. The molecule has 8 heteroatoms. The van der Waals surface area contributed by atoms with E-state index in [4.69, 9.17) is 4.74 Å². The zero-order valence-electron chi connectivity index (χ0n) is 17.3. The highest BCUT2D eigenvalue weighted by atomic mass is 28.3. The van der Waals surface area contributed by atoms with Gasteiger partial charge in [-0.1, -0.05) is 66.8 Å². The third-order valence-corrected chi connectivity index (χ3v) is 8.19. The van der Waals surface area contributed by atoms with Crippen molar-refractivity contribution < 1.29 is 31.1 Å². The number of halogens is 6. The minimum Gasteiger partial charge on any atom is -0.454 e. The van der Waals surface area contributed by atoms with Gasteiger partial charge < -0.3 is 4.74 Å². The monoisotopic (exact) mass is 466 g/mol. The summed E-state index contributed by atoms with van der Waals surface area (Å²) < 4.78 is 87.8. The maximum atomic E-state index is 15.0. The van der Waals surface area contributed by atoms with Crippen LogP contribution in [0.25, 0.3) is 0 Å². The van der Waals surface area contributed by atoms with Crippen LogP contribution in [0.5, 0.6) is 11.5 Å². The Hall–Kier alpha value is -3.00. The molecule has 0 atom stereocenters. The first-order chi connectivity index (χ1) is 15.0. The highest BCUT2D eigenvalue weighted by Crippen LogP contribution is 2.31. The summed E-state index contributed by atoms with van der Waals surface area (Å²) in [7, 11) is -3.20. The molecular weight excluding hydrogens is 446 g/mol. The van der Waals surface area contributed by atoms with Crippen molar-refractivity contribution in [2.24, 2.45) is 0 Å². The molecule has 0 N–H and O–H groups in total. The van der Waals surface area contributed by atoms with Gasteiger partial charge in [-0.2, -0.15) is 13.2 Å². The molecule has 0 aliphatic carbocycles. The molecule has 0 aliphatic heterocycles. The maximum Gasteiger partial charge on any atom is 0.416 e. The molecule has 0 fully saturated rings. The second kappa shape index (κ2) is 9.24. The van der Waals surface area contributed by atoms with Crippen LogP contribution >= 0.6 is 0 Å². The predicted molar refractivity (Wildman–Crippen MR) is 114 cm³/mol. The Morgan fingerprint density at radius 3 is 2.09 bits per heavy atom. The van der Waals surface area contributed by atoms with E-state index in [-0.39, 0.29) is 5.75 Å². The highest BCUT2D eigenvalue weighted by Gasteiger charge is 2.35. The van der Waals surface area contributed by atoms with E-state index in [0.717, 1.165) is 18.2 Å². The van der Waals surface area contributed by atoms with Crippen LogP contribution in [0, 0.1) is 5.82 Å². The average molecular weight is 466 g/mol. The minimum atomic E-state index is -4.51. The van der Waals surface area contributed by atoms with Gasteiger partial charge in [-0.05, 0) is 29.8 Å². The Morgan fingerprint density at radius 2 is 1.50 bits per heavy atom. The maximum absolute atomic E-state index is 15.0. The van der Waals surface area contributed by atoms with Crippen LogP contribution in [0.4, 0.5) is 26.3 Å². The number of hydrogen-bond donors (Lipinski definition) is 0. The van der Waals surface area contributed by atoms with E-state index in [0.29, 0.717) is 16.5 Å². The fourth-order valence-electron chi connectivity index (χ4n) is 3.15. The van der Waals surface area contributed by atoms with Crippen LogP contribution in [-0.4, -0.2) is 8.07 Å². The Bertz CT molecular complexity index is 1110. The first-order valence-electron chi connectivity index (χ1n) is 9.72. The Labute approximate surface area is 183 Å². The fourth-order valence-corrected chi connectivity index (χ4v) is 5.17. The van der Waals surface area contributed by atoms with E-state index in [1.807, 2.05) is 0 Å². The summed E-state index contributed by atoms with van der Waals surface area (Å²) in [5, 5.41) is 0.324. The minimum absolute atomic E-state index is 0.124. The van der Waals surface area contributed by atoms with Crippen LogP contribution in [0.1, 0.15) is 11.1 Å². The van der Waals surface area contributed by atoms with Gasteiger partial charge in [0, 0.05) is 6.42 Å². The number of para-hydroxylation sites is 1. The van der Waals surface area contributed by atoms with E-state index in [2.05, 4.69) is 0 Å². The fraction of sp³-hybridized carbons (Fsp3) is 0.167. The zero-order chi connectivity index (χ0) is 23.5. The molecule has 1 nitrogen and oxygen atoms in total. The van der Waals surface area contributed by atoms with Gasteiger partial charge in [0.2, 0.25) is 0 Å². The molecular formula is C24H20F6OSi. The topological polar surface area (TPSA) is 9.23 Å². The SMILES string of the molecule is C[Si](C)(/C(F)=C(/F)Cc1ccc(F)c(Oc2ccccc2)c1)c1ccc(C(F)(F)F)cc1. The van der Waals surface area contributed by atoms with E-state index < -0.39 is 43.3 Å². The molecule has 0 spiro atoms. The smallest absolute Gasteiger partial charge is 0.416 e. The molecule has 3 aromatic rings. The van der Waals surface area contributed by atoms with Gasteiger partial charge >= 0.3 is 6.18 Å². The molecule has 3 aromatic carbocycles. The third-order valence-electron chi connectivity index (χ3n) is 5.05. The molecule has 0 saturated heterocycles. The van der Waals surface area contributed by atoms with Crippen molar-refractivity contribution in [1.82, 2.24) is 0 Å². The molecule has 0 aliphatic rings. The highest BCUT2D eigenvalue weighted by molar-refractivity contribution is 6.95. The normalized spacial score (nSPS) is 13.0. The molecule has 168 valence electrons. The third kappa shape index (κ3) is 5.42. The largest absolute Gasteiger partial charge is 0.454 e. The van der Waals surface area contributed by atoms with Crippen LogP contribution < -0.4 is 9.92 Å². The summed E-state index contributed by atoms with van der Waals surface area (Å²) in [6.07, 6.45) is -4.94. The van der Waals surface area contributed by atoms with Gasteiger partial charge in [0.25, 0.3) is 0 Å². The molecule has 32 heavy (non-hydrogen) atoms. The second-order valence-corrected chi connectivity index (χ2v) is 12.0. The lowest BCUT2D eigenvalue weighted by atomic mass is 10.1. The first kappa shape index (κ1) is 23.7. The van der Waals surface area contributed by atoms with Crippen molar-refractivity contribution in [2.45, 2.75) is 25.7 Å². The lowest BCUT2D eigenvalue weighted by Crippen LogP contribution is -2.43. The van der Waals surface area contributed by atoms with Crippen molar-refractivity contribution in [1.29, 1.82) is 0 Å². The van der Waals surface area contributed by atoms with Crippen molar-refractivity contribution >= 4 is 13.3 Å². The van der Waals surface area contributed by atoms with Gasteiger partial charge in [0.15, 0.2) is 19.6 Å². The number of benzene rings is 3. The quantitative estimate of drug-likeness (QED) is 0.270. The van der Waals surface area contributed by atoms with Crippen LogP contribution in [-0.2, 0) is 12.6 Å². The molecule has 0 bridgehead atoms. The van der Waals surface area contributed by atoms with E-state index in [9.17, 15) is 22.0 Å². The lowest BCUT2D eigenvalue weighted by Gasteiger charge is -2.22. The van der Waals surface area contributed by atoms with E-state index in [1.54, 1.807) is 30.3 Å². The van der Waals surface area contributed by atoms with Gasteiger partial charge in [-0.15, -0.1) is 0 Å². The van der Waals surface area contributed by atoms with Crippen molar-refractivity contribution in [2.75, 3.05) is 0 Å². The first-order valence-corrected chi connectivity index (χ1v) is 12.7. The summed E-state index contributed by atoms with van der Waals surface area (Å²) in [6.45, 7) is 3.03. The van der Waals surface area contributed by atoms with Gasteiger partial charge in [-0.3, -0.25) is 0 Å². The summed E-state index contributed by atoms with van der Waals surface area (Å²) in [6, 6.07) is 16.3. The van der Waals surface area contributed by atoms with Crippen LogP contribution in [0.3, 0.4) is 0 Å². The molecule has 0 unspecified atom stereocenters. The number of ether oxygens (including phenoxy) is 1. The number of rotatable bonds is 6. The summed E-state index contributed by atoms with van der Waals surface area (Å²) in [5.41, 5.74) is -1.54. The number of alkyl halides is 3. The van der Waals surface area contributed by atoms with E-state index >= 15 is 4.39 Å². The lowest BCUT2D eigenvalue weighted by molar-refractivity contribution is -0.137. The van der Waals surface area contributed by atoms with Crippen molar-refractivity contribution in [3.8, 4) is 11.5 Å². The summed E-state index contributed by atoms with van der Waals surface area (Å²) in [5.74, 6) is -1.43. The van der Waals surface area contributed by atoms with Gasteiger partial charge in [-0.25, -0.2) is 13.2 Å². The van der Waals surface area contributed by atoms with Gasteiger partial charge in [0.05, 0.1) is 5.56 Å². The number of hydrogen-bond acceptors (Lipinski definition) is 1. The molecule has 3 rings (SSSR count). The summed E-state index contributed by atoms with van der Waals surface area (Å²) in [4.78, 5) is 0. The van der Waals surface area contributed by atoms with Crippen LogP contribution in [0.2, 0.25) is 13.1 Å². The van der Waals surface area contributed by atoms with Crippen LogP contribution in [0.15, 0.2) is 84.1 Å². The molecule has 0 heterocycles. The molecule has 0 aromatic heterocycles. The summed E-state index contributed by atoms with van der Waals surface area (Å²) >= 11 is 0. The molecule has 0 saturated carbocycles.